The molecule has 0 aliphatic carbocycles. The van der Waals surface area contributed by atoms with E-state index >= 15 is 0 Å². The third kappa shape index (κ3) is 4.14. The second kappa shape index (κ2) is 7.59. The number of likely N-dealkylation sites (N-methyl/N-ethyl adjacent to an activating group) is 1. The summed E-state index contributed by atoms with van der Waals surface area (Å²) in [5.74, 6) is 0. The number of rotatable bonds is 6. The Labute approximate surface area is 110 Å². The SMILES string of the molecule is CCN(CCNC(=O)N1CCCC1CO)C(C)C. The Bertz CT molecular complexity index is 259. The molecule has 5 nitrogen and oxygen atoms in total. The van der Waals surface area contributed by atoms with Crippen LogP contribution in [0.2, 0.25) is 0 Å². The Morgan fingerprint density at radius 1 is 1.56 bits per heavy atom. The lowest BCUT2D eigenvalue weighted by molar-refractivity contribution is 0.155. The molecule has 5 heteroatoms. The molecule has 2 N–H and O–H groups in total. The smallest absolute Gasteiger partial charge is 0.317 e. The molecule has 0 spiro atoms. The van der Waals surface area contributed by atoms with Crippen LogP contribution in [-0.4, -0.2) is 65.8 Å². The fraction of sp³-hybridized carbons (Fsp3) is 0.923. The van der Waals surface area contributed by atoms with Gasteiger partial charge in [0.05, 0.1) is 12.6 Å². The number of likely N-dealkylation sites (tertiary alicyclic amines) is 1. The Hall–Kier alpha value is -0.810. The molecule has 0 saturated carbocycles. The minimum absolute atomic E-state index is 0.0115. The standard InChI is InChI=1S/C13H27N3O2/c1-4-15(11(2)3)9-7-14-13(18)16-8-5-6-12(16)10-17/h11-12,17H,4-10H2,1-3H3,(H,14,18). The Morgan fingerprint density at radius 3 is 2.83 bits per heavy atom. The molecular weight excluding hydrogens is 230 g/mol. The van der Waals surface area contributed by atoms with Crippen molar-refractivity contribution in [2.45, 2.75) is 45.7 Å². The van der Waals surface area contributed by atoms with Crippen molar-refractivity contribution in [3.63, 3.8) is 0 Å². The Kier molecular flexibility index (Phi) is 6.43. The molecule has 0 bridgehead atoms. The van der Waals surface area contributed by atoms with E-state index in [-0.39, 0.29) is 18.7 Å². The van der Waals surface area contributed by atoms with Crippen LogP contribution in [0.1, 0.15) is 33.6 Å². The van der Waals surface area contributed by atoms with Crippen molar-refractivity contribution in [2.75, 3.05) is 32.8 Å². The molecule has 1 unspecified atom stereocenters. The van der Waals surface area contributed by atoms with Crippen molar-refractivity contribution in [2.24, 2.45) is 0 Å². The lowest BCUT2D eigenvalue weighted by Crippen LogP contribution is -2.46. The monoisotopic (exact) mass is 257 g/mol. The zero-order chi connectivity index (χ0) is 13.5. The summed E-state index contributed by atoms with van der Waals surface area (Å²) in [6, 6.07) is 0.479. The van der Waals surface area contributed by atoms with E-state index in [1.807, 2.05) is 0 Å². The van der Waals surface area contributed by atoms with Crippen LogP contribution >= 0.6 is 0 Å². The summed E-state index contributed by atoms with van der Waals surface area (Å²) in [6.07, 6.45) is 1.91. The van der Waals surface area contributed by atoms with Crippen LogP contribution in [-0.2, 0) is 0 Å². The number of aliphatic hydroxyl groups is 1. The highest BCUT2D eigenvalue weighted by atomic mass is 16.3. The van der Waals surface area contributed by atoms with Crippen LogP contribution in [0.15, 0.2) is 0 Å². The van der Waals surface area contributed by atoms with Gasteiger partial charge in [0, 0.05) is 25.7 Å². The van der Waals surface area contributed by atoms with Crippen molar-refractivity contribution in [1.82, 2.24) is 15.1 Å². The number of carbonyl (C=O) groups is 1. The molecule has 1 rings (SSSR count). The van der Waals surface area contributed by atoms with Crippen molar-refractivity contribution in [3.05, 3.63) is 0 Å². The van der Waals surface area contributed by atoms with E-state index < -0.39 is 0 Å². The second-order valence-corrected chi connectivity index (χ2v) is 5.13. The van der Waals surface area contributed by atoms with E-state index in [2.05, 4.69) is 31.0 Å². The van der Waals surface area contributed by atoms with Gasteiger partial charge in [0.1, 0.15) is 0 Å². The lowest BCUT2D eigenvalue weighted by Gasteiger charge is -2.27. The molecule has 0 aromatic heterocycles. The zero-order valence-corrected chi connectivity index (χ0v) is 11.9. The largest absolute Gasteiger partial charge is 0.394 e. The summed E-state index contributed by atoms with van der Waals surface area (Å²) in [4.78, 5) is 16.0. The number of hydrogen-bond donors (Lipinski definition) is 2. The predicted octanol–water partition coefficient (Wildman–Crippen LogP) is 0.883. The molecule has 0 radical (unpaired) electrons. The molecule has 18 heavy (non-hydrogen) atoms. The van der Waals surface area contributed by atoms with Gasteiger partial charge in [-0.2, -0.15) is 0 Å². The maximum absolute atomic E-state index is 11.9. The van der Waals surface area contributed by atoms with Gasteiger partial charge in [-0.1, -0.05) is 6.92 Å². The van der Waals surface area contributed by atoms with Gasteiger partial charge >= 0.3 is 6.03 Å². The molecule has 0 aromatic rings. The van der Waals surface area contributed by atoms with Gasteiger partial charge in [-0.15, -0.1) is 0 Å². The maximum Gasteiger partial charge on any atom is 0.317 e. The van der Waals surface area contributed by atoms with Gasteiger partial charge in [-0.3, -0.25) is 4.90 Å². The van der Waals surface area contributed by atoms with Crippen molar-refractivity contribution < 1.29 is 9.90 Å². The van der Waals surface area contributed by atoms with Gasteiger partial charge in [0.2, 0.25) is 0 Å². The van der Waals surface area contributed by atoms with E-state index in [1.54, 1.807) is 4.90 Å². The average Bonchev–Trinajstić information content (AvgIpc) is 2.82. The van der Waals surface area contributed by atoms with E-state index in [4.69, 9.17) is 0 Å². The first-order valence-corrected chi connectivity index (χ1v) is 6.99. The van der Waals surface area contributed by atoms with E-state index in [0.717, 1.165) is 32.5 Å². The molecule has 2 amide bonds. The molecule has 0 aromatic carbocycles. The van der Waals surface area contributed by atoms with Crippen LogP contribution in [0.5, 0.6) is 0 Å². The van der Waals surface area contributed by atoms with Crippen molar-refractivity contribution >= 4 is 6.03 Å². The van der Waals surface area contributed by atoms with Gasteiger partial charge in [0.25, 0.3) is 0 Å². The Balaban J connectivity index is 2.28. The van der Waals surface area contributed by atoms with Gasteiger partial charge in [-0.25, -0.2) is 4.79 Å². The van der Waals surface area contributed by atoms with Crippen LogP contribution in [0.4, 0.5) is 4.79 Å². The van der Waals surface area contributed by atoms with Gasteiger partial charge < -0.3 is 15.3 Å². The first-order valence-electron chi connectivity index (χ1n) is 6.99. The summed E-state index contributed by atoms with van der Waals surface area (Å²) in [5.41, 5.74) is 0. The van der Waals surface area contributed by atoms with Crippen molar-refractivity contribution in [1.29, 1.82) is 0 Å². The molecule has 1 saturated heterocycles. The second-order valence-electron chi connectivity index (χ2n) is 5.13. The number of nitrogens with one attached hydrogen (secondary N) is 1. The molecule has 1 fully saturated rings. The third-order valence-corrected chi connectivity index (χ3v) is 3.66. The van der Waals surface area contributed by atoms with E-state index in [1.165, 1.54) is 0 Å². The number of hydrogen-bond acceptors (Lipinski definition) is 3. The summed E-state index contributed by atoms with van der Waals surface area (Å²) in [7, 11) is 0. The molecule has 1 heterocycles. The fourth-order valence-corrected chi connectivity index (χ4v) is 2.48. The summed E-state index contributed by atoms with van der Waals surface area (Å²) in [5, 5.41) is 12.1. The first-order chi connectivity index (χ1) is 8.60. The maximum atomic E-state index is 11.9. The van der Waals surface area contributed by atoms with Gasteiger partial charge in [0.15, 0.2) is 0 Å². The number of nitrogens with zero attached hydrogens (tertiary/aromatic N) is 2. The molecule has 1 atom stereocenters. The summed E-state index contributed by atoms with van der Waals surface area (Å²) < 4.78 is 0. The summed E-state index contributed by atoms with van der Waals surface area (Å²) in [6.45, 7) is 9.82. The quantitative estimate of drug-likeness (QED) is 0.743. The highest BCUT2D eigenvalue weighted by molar-refractivity contribution is 5.74. The third-order valence-electron chi connectivity index (χ3n) is 3.66. The number of urea groups is 1. The van der Waals surface area contributed by atoms with Crippen LogP contribution in [0.3, 0.4) is 0 Å². The number of carbonyl (C=O) groups excluding carboxylic acids is 1. The highest BCUT2D eigenvalue weighted by Crippen LogP contribution is 2.16. The minimum Gasteiger partial charge on any atom is -0.394 e. The van der Waals surface area contributed by atoms with Crippen molar-refractivity contribution in [3.8, 4) is 0 Å². The normalized spacial score (nSPS) is 19.9. The van der Waals surface area contributed by atoms with E-state index in [0.29, 0.717) is 12.6 Å². The van der Waals surface area contributed by atoms with Crippen LogP contribution in [0.25, 0.3) is 0 Å². The molecule has 106 valence electrons. The lowest BCUT2D eigenvalue weighted by atomic mass is 10.2. The average molecular weight is 257 g/mol. The molecular formula is C13H27N3O2. The molecule has 1 aliphatic rings. The van der Waals surface area contributed by atoms with Crippen LogP contribution < -0.4 is 5.32 Å². The topological polar surface area (TPSA) is 55.8 Å². The fourth-order valence-electron chi connectivity index (χ4n) is 2.48. The Morgan fingerprint density at radius 2 is 2.28 bits per heavy atom. The molecule has 1 aliphatic heterocycles. The number of amides is 2. The summed E-state index contributed by atoms with van der Waals surface area (Å²) >= 11 is 0. The zero-order valence-electron chi connectivity index (χ0n) is 11.9. The van der Waals surface area contributed by atoms with Gasteiger partial charge in [-0.05, 0) is 33.2 Å². The minimum atomic E-state index is -0.0358. The van der Waals surface area contributed by atoms with Crippen LogP contribution in [0, 0.1) is 0 Å². The first kappa shape index (κ1) is 15.2. The van der Waals surface area contributed by atoms with E-state index in [9.17, 15) is 9.90 Å². The number of aliphatic hydroxyl groups excluding tert-OH is 1. The highest BCUT2D eigenvalue weighted by Gasteiger charge is 2.27. The predicted molar refractivity (Wildman–Crippen MR) is 72.6 cm³/mol.